The number of thioether (sulfide) groups is 1. The fourth-order valence-corrected chi connectivity index (χ4v) is 3.29. The summed E-state index contributed by atoms with van der Waals surface area (Å²) in [5.74, 6) is 0.424. The molecular weight excluding hydrogens is 296 g/mol. The number of ether oxygens (including phenoxy) is 1. The zero-order valence-corrected chi connectivity index (χ0v) is 12.7. The number of thiophene rings is 1. The highest BCUT2D eigenvalue weighted by Gasteiger charge is 2.12. The van der Waals surface area contributed by atoms with E-state index in [-0.39, 0.29) is 12.2 Å². The summed E-state index contributed by atoms with van der Waals surface area (Å²) in [4.78, 5) is 16.5. The summed E-state index contributed by atoms with van der Waals surface area (Å²) in [5.41, 5.74) is 0.655. The molecule has 0 fully saturated rings. The summed E-state index contributed by atoms with van der Waals surface area (Å²) in [5, 5.41) is 12.2. The van der Waals surface area contributed by atoms with Crippen molar-refractivity contribution >= 4 is 33.3 Å². The Balaban J connectivity index is 2.04. The first-order valence-electron chi connectivity index (χ1n) is 6.07. The second kappa shape index (κ2) is 7.03. The molecule has 0 aromatic carbocycles. The van der Waals surface area contributed by atoms with Crippen LogP contribution >= 0.6 is 23.1 Å². The number of fused-ring (bicyclic) bond motifs is 1. The highest BCUT2D eigenvalue weighted by atomic mass is 32.2. The van der Waals surface area contributed by atoms with Gasteiger partial charge in [0.1, 0.15) is 4.70 Å². The average molecular weight is 312 g/mol. The van der Waals surface area contributed by atoms with Gasteiger partial charge in [-0.1, -0.05) is 17.8 Å². The Kier molecular flexibility index (Phi) is 5.36. The van der Waals surface area contributed by atoms with Gasteiger partial charge in [-0.3, -0.25) is 9.36 Å². The van der Waals surface area contributed by atoms with Crippen LogP contribution in [0.25, 0.3) is 10.2 Å². The normalized spacial score (nSPS) is 12.7. The maximum absolute atomic E-state index is 12.1. The average Bonchev–Trinajstić information content (AvgIpc) is 2.90. The van der Waals surface area contributed by atoms with Gasteiger partial charge in [-0.15, -0.1) is 17.9 Å². The molecule has 2 rings (SSSR count). The molecular formula is C13H16N2O3S2. The van der Waals surface area contributed by atoms with Crippen LogP contribution in [0, 0.1) is 0 Å². The van der Waals surface area contributed by atoms with Crippen LogP contribution in [0.4, 0.5) is 0 Å². The Hall–Kier alpha value is -1.15. The monoisotopic (exact) mass is 312 g/mol. The fourth-order valence-electron chi connectivity index (χ4n) is 1.60. The van der Waals surface area contributed by atoms with E-state index in [1.165, 1.54) is 27.7 Å². The fraction of sp³-hybridized carbons (Fsp3) is 0.385. The number of rotatable bonds is 7. The molecule has 0 aliphatic rings. The highest BCUT2D eigenvalue weighted by Crippen LogP contribution is 2.20. The molecule has 0 amide bonds. The molecule has 2 aromatic heterocycles. The van der Waals surface area contributed by atoms with Gasteiger partial charge in [0.25, 0.3) is 5.56 Å². The SMILES string of the molecule is C=CCOCC(O)CSc1nc2ccsc2c(=O)n1C. The summed E-state index contributed by atoms with van der Waals surface area (Å²) < 4.78 is 7.35. The molecule has 0 aliphatic carbocycles. The molecule has 0 aliphatic heterocycles. The molecule has 0 radical (unpaired) electrons. The summed E-state index contributed by atoms with van der Waals surface area (Å²) in [7, 11) is 1.69. The van der Waals surface area contributed by atoms with Crippen molar-refractivity contribution in [3.63, 3.8) is 0 Å². The topological polar surface area (TPSA) is 64.3 Å². The largest absolute Gasteiger partial charge is 0.390 e. The molecule has 5 nitrogen and oxygen atoms in total. The van der Waals surface area contributed by atoms with E-state index in [1.807, 2.05) is 11.4 Å². The zero-order chi connectivity index (χ0) is 14.5. The number of hydrogen-bond donors (Lipinski definition) is 1. The smallest absolute Gasteiger partial charge is 0.271 e. The number of aliphatic hydroxyl groups is 1. The molecule has 0 bridgehead atoms. The first-order chi connectivity index (χ1) is 9.63. The van der Waals surface area contributed by atoms with Crippen LogP contribution < -0.4 is 5.56 Å². The molecule has 108 valence electrons. The lowest BCUT2D eigenvalue weighted by Crippen LogP contribution is -2.22. The van der Waals surface area contributed by atoms with Crippen molar-refractivity contribution in [2.24, 2.45) is 7.05 Å². The molecule has 1 N–H and O–H groups in total. The molecule has 7 heteroatoms. The lowest BCUT2D eigenvalue weighted by Gasteiger charge is -2.11. The van der Waals surface area contributed by atoms with E-state index in [9.17, 15) is 9.90 Å². The van der Waals surface area contributed by atoms with Gasteiger partial charge in [-0.05, 0) is 11.4 Å². The molecule has 0 saturated carbocycles. The Labute approximate surface area is 124 Å². The number of nitrogens with zero attached hydrogens (tertiary/aromatic N) is 2. The molecule has 2 aromatic rings. The quantitative estimate of drug-likeness (QED) is 0.364. The summed E-state index contributed by atoms with van der Waals surface area (Å²) in [6.45, 7) is 4.20. The van der Waals surface area contributed by atoms with Gasteiger partial charge in [-0.2, -0.15) is 0 Å². The number of aliphatic hydroxyl groups excluding tert-OH is 1. The van der Waals surface area contributed by atoms with Gasteiger partial charge < -0.3 is 9.84 Å². The third-order valence-corrected chi connectivity index (χ3v) is 4.66. The second-order valence-electron chi connectivity index (χ2n) is 4.18. The third kappa shape index (κ3) is 3.49. The maximum Gasteiger partial charge on any atom is 0.271 e. The molecule has 1 unspecified atom stereocenters. The minimum atomic E-state index is -0.602. The van der Waals surface area contributed by atoms with E-state index < -0.39 is 6.10 Å². The van der Waals surface area contributed by atoms with Crippen LogP contribution in [0.2, 0.25) is 0 Å². The first-order valence-corrected chi connectivity index (χ1v) is 7.93. The number of aromatic nitrogens is 2. The molecule has 2 heterocycles. The van der Waals surface area contributed by atoms with Gasteiger partial charge >= 0.3 is 0 Å². The van der Waals surface area contributed by atoms with Gasteiger partial charge in [0, 0.05) is 12.8 Å². The van der Waals surface area contributed by atoms with E-state index >= 15 is 0 Å². The van der Waals surface area contributed by atoms with Gasteiger partial charge in [0.05, 0.1) is 24.8 Å². The van der Waals surface area contributed by atoms with E-state index in [2.05, 4.69) is 11.6 Å². The standard InChI is InChI=1S/C13H16N2O3S2/c1-3-5-18-7-9(16)8-20-13-14-10-4-6-19-11(10)12(17)15(13)2/h3-4,6,9,16H,1,5,7-8H2,2H3. The Morgan fingerprint density at radius 2 is 2.50 bits per heavy atom. The number of hydrogen-bond acceptors (Lipinski definition) is 6. The minimum absolute atomic E-state index is 0.0510. The Bertz CT molecular complexity index is 651. The van der Waals surface area contributed by atoms with Crippen LogP contribution in [0.5, 0.6) is 0 Å². The minimum Gasteiger partial charge on any atom is -0.390 e. The predicted molar refractivity (Wildman–Crippen MR) is 82.6 cm³/mol. The van der Waals surface area contributed by atoms with E-state index in [4.69, 9.17) is 4.74 Å². The van der Waals surface area contributed by atoms with Crippen molar-refractivity contribution in [2.75, 3.05) is 19.0 Å². The lowest BCUT2D eigenvalue weighted by atomic mass is 10.4. The third-order valence-electron chi connectivity index (χ3n) is 2.60. The van der Waals surface area contributed by atoms with E-state index in [0.717, 1.165) is 0 Å². The summed E-state index contributed by atoms with van der Waals surface area (Å²) in [6, 6.07) is 1.83. The van der Waals surface area contributed by atoms with Gasteiger partial charge in [0.15, 0.2) is 5.16 Å². The Morgan fingerprint density at radius 1 is 1.70 bits per heavy atom. The van der Waals surface area contributed by atoms with Crippen LogP contribution in [-0.2, 0) is 11.8 Å². The first kappa shape index (κ1) is 15.2. The molecule has 0 spiro atoms. The van der Waals surface area contributed by atoms with E-state index in [0.29, 0.717) is 27.7 Å². The maximum atomic E-state index is 12.1. The van der Waals surface area contributed by atoms with Gasteiger partial charge in [-0.25, -0.2) is 4.98 Å². The summed E-state index contributed by atoms with van der Waals surface area (Å²) in [6.07, 6.45) is 1.03. The molecule has 0 saturated heterocycles. The van der Waals surface area contributed by atoms with Crippen molar-refractivity contribution < 1.29 is 9.84 Å². The van der Waals surface area contributed by atoms with Crippen molar-refractivity contribution in [1.29, 1.82) is 0 Å². The van der Waals surface area contributed by atoms with Crippen LogP contribution in [0.1, 0.15) is 0 Å². The zero-order valence-electron chi connectivity index (χ0n) is 11.1. The summed E-state index contributed by atoms with van der Waals surface area (Å²) >= 11 is 2.74. The van der Waals surface area contributed by atoms with Crippen molar-refractivity contribution in [1.82, 2.24) is 9.55 Å². The predicted octanol–water partition coefficient (Wildman–Crippen LogP) is 1.65. The molecule has 1 atom stereocenters. The lowest BCUT2D eigenvalue weighted by molar-refractivity contribution is 0.0625. The van der Waals surface area contributed by atoms with Crippen molar-refractivity contribution in [2.45, 2.75) is 11.3 Å². The molecule has 20 heavy (non-hydrogen) atoms. The van der Waals surface area contributed by atoms with Crippen LogP contribution in [0.15, 0.2) is 34.1 Å². The highest BCUT2D eigenvalue weighted by molar-refractivity contribution is 7.99. The van der Waals surface area contributed by atoms with Crippen LogP contribution in [0.3, 0.4) is 0 Å². The van der Waals surface area contributed by atoms with Crippen LogP contribution in [-0.4, -0.2) is 39.7 Å². The van der Waals surface area contributed by atoms with Crippen molar-refractivity contribution in [3.8, 4) is 0 Å². The van der Waals surface area contributed by atoms with Gasteiger partial charge in [0.2, 0.25) is 0 Å². The van der Waals surface area contributed by atoms with E-state index in [1.54, 1.807) is 13.1 Å². The second-order valence-corrected chi connectivity index (χ2v) is 6.09. The van der Waals surface area contributed by atoms with Crippen molar-refractivity contribution in [3.05, 3.63) is 34.5 Å². The Morgan fingerprint density at radius 3 is 3.25 bits per heavy atom.